The third-order valence-corrected chi connectivity index (χ3v) is 3.14. The number of rotatable bonds is 7. The molecule has 0 bridgehead atoms. The SMILES string of the molecule is CCC(C)N(CC(=O)O)C(=O)NCc1ccc(OC)nc1. The second-order valence-corrected chi connectivity index (χ2v) is 4.65. The van der Waals surface area contributed by atoms with Crippen molar-refractivity contribution in [2.45, 2.75) is 32.9 Å². The molecule has 7 nitrogen and oxygen atoms in total. The number of carbonyl (C=O) groups excluding carboxylic acids is 1. The zero-order valence-corrected chi connectivity index (χ0v) is 12.5. The summed E-state index contributed by atoms with van der Waals surface area (Å²) in [5.74, 6) is -0.534. The highest BCUT2D eigenvalue weighted by Gasteiger charge is 2.21. The molecule has 2 N–H and O–H groups in total. The zero-order chi connectivity index (χ0) is 15.8. The first-order valence-corrected chi connectivity index (χ1v) is 6.73. The van der Waals surface area contributed by atoms with Gasteiger partial charge < -0.3 is 20.1 Å². The zero-order valence-electron chi connectivity index (χ0n) is 12.5. The summed E-state index contributed by atoms with van der Waals surface area (Å²) in [5.41, 5.74) is 0.809. The van der Waals surface area contributed by atoms with Crippen LogP contribution in [0.4, 0.5) is 4.79 Å². The van der Waals surface area contributed by atoms with E-state index in [0.717, 1.165) is 5.56 Å². The van der Waals surface area contributed by atoms with E-state index in [0.29, 0.717) is 12.3 Å². The van der Waals surface area contributed by atoms with Crippen molar-refractivity contribution in [3.05, 3.63) is 23.9 Å². The van der Waals surface area contributed by atoms with E-state index in [-0.39, 0.29) is 19.1 Å². The summed E-state index contributed by atoms with van der Waals surface area (Å²) < 4.78 is 4.95. The molecule has 1 heterocycles. The monoisotopic (exact) mass is 295 g/mol. The summed E-state index contributed by atoms with van der Waals surface area (Å²) in [6.45, 7) is 3.68. The van der Waals surface area contributed by atoms with Crippen LogP contribution in [0.25, 0.3) is 0 Å². The number of ether oxygens (including phenoxy) is 1. The number of pyridine rings is 1. The molecule has 0 radical (unpaired) electrons. The van der Waals surface area contributed by atoms with Crippen LogP contribution in [0.3, 0.4) is 0 Å². The van der Waals surface area contributed by atoms with Crippen LogP contribution in [0, 0.1) is 0 Å². The van der Waals surface area contributed by atoms with Crippen LogP contribution in [-0.2, 0) is 11.3 Å². The Morgan fingerprint density at radius 2 is 2.19 bits per heavy atom. The van der Waals surface area contributed by atoms with E-state index in [1.807, 2.05) is 13.8 Å². The van der Waals surface area contributed by atoms with Crippen LogP contribution in [-0.4, -0.2) is 46.7 Å². The van der Waals surface area contributed by atoms with E-state index < -0.39 is 12.0 Å². The van der Waals surface area contributed by atoms with Gasteiger partial charge in [-0.15, -0.1) is 0 Å². The fourth-order valence-electron chi connectivity index (χ4n) is 1.71. The molecule has 21 heavy (non-hydrogen) atoms. The van der Waals surface area contributed by atoms with Crippen molar-refractivity contribution in [2.75, 3.05) is 13.7 Å². The number of nitrogens with zero attached hydrogens (tertiary/aromatic N) is 2. The maximum absolute atomic E-state index is 12.1. The van der Waals surface area contributed by atoms with Crippen LogP contribution in [0.1, 0.15) is 25.8 Å². The molecular formula is C14H21N3O4. The van der Waals surface area contributed by atoms with Gasteiger partial charge in [-0.3, -0.25) is 4.79 Å². The minimum Gasteiger partial charge on any atom is -0.481 e. The molecule has 0 aliphatic rings. The second kappa shape index (κ2) is 8.08. The van der Waals surface area contributed by atoms with Gasteiger partial charge >= 0.3 is 12.0 Å². The highest BCUT2D eigenvalue weighted by Crippen LogP contribution is 2.07. The molecule has 1 atom stereocenters. The van der Waals surface area contributed by atoms with Crippen LogP contribution in [0.5, 0.6) is 5.88 Å². The first kappa shape index (κ1) is 16.7. The predicted octanol–water partition coefficient (Wildman–Crippen LogP) is 1.48. The molecule has 0 fully saturated rings. The van der Waals surface area contributed by atoms with Gasteiger partial charge in [-0.2, -0.15) is 0 Å². The standard InChI is InChI=1S/C14H21N3O4/c1-4-10(2)17(9-13(18)19)14(20)16-8-11-5-6-12(21-3)15-7-11/h5-7,10H,4,8-9H2,1-3H3,(H,16,20)(H,18,19). The maximum Gasteiger partial charge on any atom is 0.323 e. The topological polar surface area (TPSA) is 91.8 Å². The lowest BCUT2D eigenvalue weighted by Crippen LogP contribution is -2.47. The summed E-state index contributed by atoms with van der Waals surface area (Å²) in [5, 5.41) is 11.6. The molecule has 0 saturated carbocycles. The first-order valence-electron chi connectivity index (χ1n) is 6.73. The number of hydrogen-bond acceptors (Lipinski definition) is 4. The molecule has 0 spiro atoms. The van der Waals surface area contributed by atoms with Gasteiger partial charge in [0.15, 0.2) is 0 Å². The molecule has 7 heteroatoms. The number of methoxy groups -OCH3 is 1. The first-order chi connectivity index (χ1) is 9.97. The van der Waals surface area contributed by atoms with Crippen molar-refractivity contribution in [1.29, 1.82) is 0 Å². The Morgan fingerprint density at radius 1 is 1.48 bits per heavy atom. The van der Waals surface area contributed by atoms with Gasteiger partial charge in [0.1, 0.15) is 6.54 Å². The minimum atomic E-state index is -1.03. The fourth-order valence-corrected chi connectivity index (χ4v) is 1.71. The summed E-state index contributed by atoms with van der Waals surface area (Å²) >= 11 is 0. The summed E-state index contributed by atoms with van der Waals surface area (Å²) in [4.78, 5) is 28.3. The van der Waals surface area contributed by atoms with Gasteiger partial charge in [0.25, 0.3) is 0 Å². The van der Waals surface area contributed by atoms with Crippen LogP contribution < -0.4 is 10.1 Å². The van der Waals surface area contributed by atoms with Crippen molar-refractivity contribution in [1.82, 2.24) is 15.2 Å². The number of carbonyl (C=O) groups is 2. The van der Waals surface area contributed by atoms with Gasteiger partial charge in [-0.25, -0.2) is 9.78 Å². The quantitative estimate of drug-likeness (QED) is 0.795. The van der Waals surface area contributed by atoms with Gasteiger partial charge in [0.2, 0.25) is 5.88 Å². The number of aliphatic carboxylic acids is 1. The Morgan fingerprint density at radius 3 is 2.67 bits per heavy atom. The van der Waals surface area contributed by atoms with Crippen LogP contribution >= 0.6 is 0 Å². The summed E-state index contributed by atoms with van der Waals surface area (Å²) in [7, 11) is 1.53. The lowest BCUT2D eigenvalue weighted by Gasteiger charge is -2.27. The van der Waals surface area contributed by atoms with Crippen LogP contribution in [0.2, 0.25) is 0 Å². The molecule has 0 aromatic carbocycles. The Kier molecular flexibility index (Phi) is 6.45. The smallest absolute Gasteiger partial charge is 0.323 e. The highest BCUT2D eigenvalue weighted by atomic mass is 16.5. The van der Waals surface area contributed by atoms with Crippen molar-refractivity contribution >= 4 is 12.0 Å². The second-order valence-electron chi connectivity index (χ2n) is 4.65. The number of amides is 2. The molecule has 1 rings (SSSR count). The van der Waals surface area contributed by atoms with Crippen molar-refractivity contribution in [2.24, 2.45) is 0 Å². The van der Waals surface area contributed by atoms with Gasteiger partial charge in [-0.1, -0.05) is 13.0 Å². The number of carboxylic acid groups (broad SMARTS) is 1. The Labute approximate surface area is 123 Å². The molecule has 2 amide bonds. The largest absolute Gasteiger partial charge is 0.481 e. The predicted molar refractivity (Wildman–Crippen MR) is 77.1 cm³/mol. The van der Waals surface area contributed by atoms with Gasteiger partial charge in [0, 0.05) is 24.8 Å². The molecule has 0 saturated heterocycles. The molecule has 0 aliphatic carbocycles. The molecule has 1 aromatic heterocycles. The Balaban J connectivity index is 2.61. The lowest BCUT2D eigenvalue weighted by molar-refractivity contribution is -0.138. The van der Waals surface area contributed by atoms with Crippen molar-refractivity contribution in [3.8, 4) is 5.88 Å². The van der Waals surface area contributed by atoms with E-state index in [4.69, 9.17) is 9.84 Å². The number of urea groups is 1. The van der Waals surface area contributed by atoms with E-state index in [9.17, 15) is 9.59 Å². The van der Waals surface area contributed by atoms with Crippen molar-refractivity contribution in [3.63, 3.8) is 0 Å². The number of carboxylic acids is 1. The van der Waals surface area contributed by atoms with E-state index in [1.165, 1.54) is 12.0 Å². The fraction of sp³-hybridized carbons (Fsp3) is 0.500. The number of aromatic nitrogens is 1. The van der Waals surface area contributed by atoms with Gasteiger partial charge in [-0.05, 0) is 18.9 Å². The number of hydrogen-bond donors (Lipinski definition) is 2. The van der Waals surface area contributed by atoms with E-state index in [1.54, 1.807) is 18.3 Å². The van der Waals surface area contributed by atoms with Gasteiger partial charge in [0.05, 0.1) is 7.11 Å². The van der Waals surface area contributed by atoms with E-state index >= 15 is 0 Å². The molecule has 1 unspecified atom stereocenters. The Hall–Kier alpha value is -2.31. The number of nitrogens with one attached hydrogen (secondary N) is 1. The molecule has 0 aliphatic heterocycles. The van der Waals surface area contributed by atoms with Crippen molar-refractivity contribution < 1.29 is 19.4 Å². The normalized spacial score (nSPS) is 11.6. The average molecular weight is 295 g/mol. The van der Waals surface area contributed by atoms with Crippen LogP contribution in [0.15, 0.2) is 18.3 Å². The Bertz CT molecular complexity index is 476. The maximum atomic E-state index is 12.1. The highest BCUT2D eigenvalue weighted by molar-refractivity contribution is 5.80. The minimum absolute atomic E-state index is 0.143. The lowest BCUT2D eigenvalue weighted by atomic mass is 10.2. The molecule has 1 aromatic rings. The van der Waals surface area contributed by atoms with E-state index in [2.05, 4.69) is 10.3 Å². The summed E-state index contributed by atoms with van der Waals surface area (Å²) in [6.07, 6.45) is 2.29. The summed E-state index contributed by atoms with van der Waals surface area (Å²) in [6, 6.07) is 2.94. The third kappa shape index (κ3) is 5.29. The molecule has 116 valence electrons. The average Bonchev–Trinajstić information content (AvgIpc) is 2.49. The third-order valence-electron chi connectivity index (χ3n) is 3.14. The molecular weight excluding hydrogens is 274 g/mol.